The Bertz CT molecular complexity index is 524. The number of imidazole rings is 1. The average molecular weight is 286 g/mol. The molecule has 0 aliphatic carbocycles. The Morgan fingerprint density at radius 2 is 2.30 bits per heavy atom. The van der Waals surface area contributed by atoms with Crippen molar-refractivity contribution in [2.24, 2.45) is 0 Å². The number of carbonyl (C=O) groups excluding carboxylic acids is 1. The van der Waals surface area contributed by atoms with Crippen LogP contribution in [0.5, 0.6) is 0 Å². The van der Waals surface area contributed by atoms with Crippen LogP contribution in [0.15, 0.2) is 6.20 Å². The van der Waals surface area contributed by atoms with Crippen LogP contribution in [0.1, 0.15) is 12.7 Å². The van der Waals surface area contributed by atoms with Gasteiger partial charge in [-0.3, -0.25) is 4.79 Å². The van der Waals surface area contributed by atoms with Crippen molar-refractivity contribution >= 4 is 18.0 Å². The molecule has 0 bridgehead atoms. The topological polar surface area (TPSA) is 134 Å². The quantitative estimate of drug-likeness (QED) is 0.174. The molecule has 0 saturated heterocycles. The molecule has 0 aliphatic heterocycles. The number of hydrogen-bond donors (Lipinski definition) is 1. The maximum absolute atomic E-state index is 11.3. The van der Waals surface area contributed by atoms with E-state index in [1.807, 2.05) is 0 Å². The molecular formula is C10H14N4O6. The van der Waals surface area contributed by atoms with Gasteiger partial charge in [0, 0.05) is 6.92 Å². The number of nitro groups is 1. The minimum absolute atomic E-state index is 0.00527. The van der Waals surface area contributed by atoms with Gasteiger partial charge in [0.15, 0.2) is 6.54 Å². The minimum Gasteiger partial charge on any atom is -0.624 e. The normalized spacial score (nSPS) is 11.4. The van der Waals surface area contributed by atoms with Gasteiger partial charge in [-0.2, -0.15) is 4.57 Å². The highest BCUT2D eigenvalue weighted by Gasteiger charge is 2.21. The minimum atomic E-state index is -0.653. The average Bonchev–Trinajstić information content (AvgIpc) is 2.72. The van der Waals surface area contributed by atoms with Crippen LogP contribution in [0, 0.1) is 15.3 Å². The number of hydroxylamine groups is 1. The molecule has 0 radical (unpaired) electrons. The Kier molecular flexibility index (Phi) is 5.59. The number of ether oxygens (including phenoxy) is 1. The second-order valence-electron chi connectivity index (χ2n) is 3.72. The molecule has 0 saturated carbocycles. The molecule has 0 fully saturated rings. The maximum Gasteiger partial charge on any atom is 0.343 e. The molecule has 0 spiro atoms. The van der Waals surface area contributed by atoms with E-state index in [-0.39, 0.29) is 37.9 Å². The molecule has 0 amide bonds. The lowest BCUT2D eigenvalue weighted by Gasteiger charge is -2.04. The van der Waals surface area contributed by atoms with Gasteiger partial charge >= 0.3 is 11.8 Å². The highest BCUT2D eigenvalue weighted by Crippen LogP contribution is 2.12. The highest BCUT2D eigenvalue weighted by atomic mass is 16.6. The molecule has 10 nitrogen and oxygen atoms in total. The summed E-state index contributed by atoms with van der Waals surface area (Å²) >= 11 is 0. The molecule has 0 atom stereocenters. The van der Waals surface area contributed by atoms with Crippen LogP contribution < -0.4 is 0 Å². The van der Waals surface area contributed by atoms with E-state index in [0.717, 1.165) is 17.0 Å². The van der Waals surface area contributed by atoms with E-state index in [2.05, 4.69) is 4.98 Å². The summed E-state index contributed by atoms with van der Waals surface area (Å²) < 4.78 is 6.26. The highest BCUT2D eigenvalue weighted by molar-refractivity contribution is 5.71. The van der Waals surface area contributed by atoms with Crippen molar-refractivity contribution in [3.05, 3.63) is 27.3 Å². The second kappa shape index (κ2) is 7.19. The molecule has 0 aliphatic rings. The lowest BCUT2D eigenvalue weighted by molar-refractivity contribution is -0.455. The summed E-state index contributed by atoms with van der Waals surface area (Å²) in [5, 5.41) is 30.8. The third-order valence-electron chi connectivity index (χ3n) is 2.25. The number of rotatable bonds is 7. The molecule has 10 heteroatoms. The summed E-state index contributed by atoms with van der Waals surface area (Å²) in [4.78, 5) is 24.6. The third kappa shape index (κ3) is 4.31. The fourth-order valence-corrected chi connectivity index (χ4v) is 1.43. The molecule has 0 unspecified atom stereocenters. The van der Waals surface area contributed by atoms with Crippen molar-refractivity contribution < 1.29 is 24.3 Å². The first kappa shape index (κ1) is 15.6. The zero-order chi connectivity index (χ0) is 15.1. The first-order valence-electron chi connectivity index (χ1n) is 5.68. The first-order valence-corrected chi connectivity index (χ1v) is 5.68. The van der Waals surface area contributed by atoms with Crippen molar-refractivity contribution in [1.29, 1.82) is 0 Å². The smallest absolute Gasteiger partial charge is 0.343 e. The van der Waals surface area contributed by atoms with Gasteiger partial charge < -0.3 is 25.2 Å². The molecule has 0 aromatic carbocycles. The van der Waals surface area contributed by atoms with E-state index >= 15 is 0 Å². The Morgan fingerprint density at radius 3 is 2.85 bits per heavy atom. The van der Waals surface area contributed by atoms with Crippen molar-refractivity contribution in [3.63, 3.8) is 0 Å². The monoisotopic (exact) mass is 286 g/mol. The molecule has 1 aromatic rings. The van der Waals surface area contributed by atoms with Gasteiger partial charge in [0.1, 0.15) is 26.0 Å². The number of hydrogen-bond acceptors (Lipinski definition) is 7. The van der Waals surface area contributed by atoms with E-state index in [1.54, 1.807) is 0 Å². The number of carbonyl (C=O) groups is 1. The maximum atomic E-state index is 11.3. The summed E-state index contributed by atoms with van der Waals surface area (Å²) in [7, 11) is 0. The van der Waals surface area contributed by atoms with Crippen LogP contribution in [-0.2, 0) is 16.1 Å². The standard InChI is InChI=1S/C10H14N4O6/c1-8(16)20-5-3-13-9(7-12(17)2-4-15)11-6-10(13)14(18)19/h6-7,15H,2-5H2,1H3/b12-7+. The lowest BCUT2D eigenvalue weighted by atomic mass is 10.5. The van der Waals surface area contributed by atoms with Gasteiger partial charge in [0.2, 0.25) is 6.21 Å². The van der Waals surface area contributed by atoms with E-state index in [0.29, 0.717) is 4.74 Å². The molecule has 1 heterocycles. The molecular weight excluding hydrogens is 272 g/mol. The van der Waals surface area contributed by atoms with Gasteiger partial charge in [-0.15, -0.1) is 0 Å². The van der Waals surface area contributed by atoms with E-state index in [1.165, 1.54) is 6.92 Å². The SMILES string of the molecule is CC(=O)OCCn1c([N+](=O)[O-])cnc1/C=[N+](/[O-])CCO. The number of aromatic nitrogens is 2. The van der Waals surface area contributed by atoms with Crippen molar-refractivity contribution in [1.82, 2.24) is 9.55 Å². The Balaban J connectivity index is 2.96. The summed E-state index contributed by atoms with van der Waals surface area (Å²) in [6.45, 7) is 0.609. The number of esters is 1. The zero-order valence-corrected chi connectivity index (χ0v) is 10.8. The fourth-order valence-electron chi connectivity index (χ4n) is 1.43. The van der Waals surface area contributed by atoms with Crippen LogP contribution in [0.25, 0.3) is 0 Å². The van der Waals surface area contributed by atoms with Crippen molar-refractivity contribution in [2.45, 2.75) is 13.5 Å². The predicted octanol–water partition coefficient (Wildman–Crippen LogP) is -0.724. The predicted molar refractivity (Wildman–Crippen MR) is 66.3 cm³/mol. The van der Waals surface area contributed by atoms with Gasteiger partial charge in [0.05, 0.1) is 0 Å². The van der Waals surface area contributed by atoms with Crippen LogP contribution in [0.4, 0.5) is 5.82 Å². The molecule has 1 rings (SSSR count). The van der Waals surface area contributed by atoms with Gasteiger partial charge in [-0.05, 0) is 4.92 Å². The summed E-state index contributed by atoms with van der Waals surface area (Å²) in [6, 6.07) is 0. The Morgan fingerprint density at radius 1 is 1.60 bits per heavy atom. The largest absolute Gasteiger partial charge is 0.624 e. The fraction of sp³-hybridized carbons (Fsp3) is 0.500. The van der Waals surface area contributed by atoms with Crippen LogP contribution in [-0.4, -0.2) is 56.3 Å². The Hall–Kier alpha value is -2.49. The Labute approximate surface area is 113 Å². The number of nitrogens with zero attached hydrogens (tertiary/aromatic N) is 4. The zero-order valence-electron chi connectivity index (χ0n) is 10.8. The molecule has 1 aromatic heterocycles. The van der Waals surface area contributed by atoms with Crippen molar-refractivity contribution in [2.75, 3.05) is 19.8 Å². The summed E-state index contributed by atoms with van der Waals surface area (Å²) in [6.07, 6.45) is 2.03. The second-order valence-corrected chi connectivity index (χ2v) is 3.72. The summed E-state index contributed by atoms with van der Waals surface area (Å²) in [5.74, 6) is -0.780. The van der Waals surface area contributed by atoms with E-state index in [9.17, 15) is 20.1 Å². The van der Waals surface area contributed by atoms with Crippen LogP contribution in [0.2, 0.25) is 0 Å². The third-order valence-corrected chi connectivity index (χ3v) is 2.25. The van der Waals surface area contributed by atoms with E-state index in [4.69, 9.17) is 9.84 Å². The van der Waals surface area contributed by atoms with Crippen LogP contribution >= 0.6 is 0 Å². The first-order chi connectivity index (χ1) is 9.45. The van der Waals surface area contributed by atoms with Crippen LogP contribution in [0.3, 0.4) is 0 Å². The van der Waals surface area contributed by atoms with Gasteiger partial charge in [-0.25, -0.2) is 9.72 Å². The van der Waals surface area contributed by atoms with E-state index < -0.39 is 10.9 Å². The number of aliphatic hydroxyl groups excluding tert-OH is 1. The van der Waals surface area contributed by atoms with Gasteiger partial charge in [0.25, 0.3) is 5.82 Å². The lowest BCUT2D eigenvalue weighted by Crippen LogP contribution is -2.17. The van der Waals surface area contributed by atoms with Gasteiger partial charge in [-0.1, -0.05) is 0 Å². The number of aliphatic hydroxyl groups is 1. The molecule has 1 N–H and O–H groups in total. The summed E-state index contributed by atoms with van der Waals surface area (Å²) in [5.41, 5.74) is 0. The molecule has 20 heavy (non-hydrogen) atoms. The van der Waals surface area contributed by atoms with Crippen molar-refractivity contribution in [3.8, 4) is 0 Å². The molecule has 110 valence electrons.